The molecular formula is C17H21F2N3O2. The predicted octanol–water partition coefficient (Wildman–Crippen LogP) is 3.93. The first-order chi connectivity index (χ1) is 11.5. The van der Waals surface area contributed by atoms with Crippen LogP contribution in [-0.4, -0.2) is 29.6 Å². The molecule has 1 aromatic carbocycles. The van der Waals surface area contributed by atoms with Crippen LogP contribution in [0.3, 0.4) is 0 Å². The first-order valence-corrected chi connectivity index (χ1v) is 7.97. The summed E-state index contributed by atoms with van der Waals surface area (Å²) in [5, 5.41) is 7.88. The van der Waals surface area contributed by atoms with Gasteiger partial charge < -0.3 is 14.8 Å². The van der Waals surface area contributed by atoms with E-state index in [1.807, 2.05) is 24.7 Å². The highest BCUT2D eigenvalue weighted by Crippen LogP contribution is 2.27. The fraction of sp³-hybridized carbons (Fsp3) is 0.471. The van der Waals surface area contributed by atoms with Gasteiger partial charge in [0, 0.05) is 12.6 Å². The van der Waals surface area contributed by atoms with Gasteiger partial charge in [-0.3, -0.25) is 4.68 Å². The lowest BCUT2D eigenvalue weighted by molar-refractivity contribution is -0.0498. The van der Waals surface area contributed by atoms with Gasteiger partial charge >= 0.3 is 6.61 Å². The lowest BCUT2D eigenvalue weighted by atomic mass is 10.1. The van der Waals surface area contributed by atoms with Gasteiger partial charge in [0.15, 0.2) is 0 Å². The number of nitrogens with one attached hydrogen (secondary N) is 1. The highest BCUT2D eigenvalue weighted by molar-refractivity contribution is 5.48. The van der Waals surface area contributed by atoms with Crippen LogP contribution in [0.2, 0.25) is 0 Å². The number of rotatable bonds is 6. The van der Waals surface area contributed by atoms with E-state index in [1.165, 1.54) is 0 Å². The summed E-state index contributed by atoms with van der Waals surface area (Å²) in [4.78, 5) is 0. The van der Waals surface area contributed by atoms with Crippen molar-refractivity contribution in [2.24, 2.45) is 0 Å². The third-order valence-electron chi connectivity index (χ3n) is 4.27. The van der Waals surface area contributed by atoms with Gasteiger partial charge in [0.1, 0.15) is 5.75 Å². The number of ether oxygens (including phenoxy) is 2. The van der Waals surface area contributed by atoms with Crippen LogP contribution in [-0.2, 0) is 4.74 Å². The second-order valence-corrected chi connectivity index (χ2v) is 5.92. The summed E-state index contributed by atoms with van der Waals surface area (Å²) in [5.41, 5.74) is 3.00. The Kier molecular flexibility index (Phi) is 4.99. The first kappa shape index (κ1) is 16.7. The molecule has 1 saturated heterocycles. The van der Waals surface area contributed by atoms with Gasteiger partial charge in [-0.05, 0) is 38.0 Å². The number of nitrogens with zero attached hydrogens (tertiary/aromatic N) is 2. The topological polar surface area (TPSA) is 48.3 Å². The highest BCUT2D eigenvalue weighted by Gasteiger charge is 2.21. The van der Waals surface area contributed by atoms with Gasteiger partial charge in [-0.2, -0.15) is 13.9 Å². The molecule has 0 bridgehead atoms. The van der Waals surface area contributed by atoms with E-state index in [1.54, 1.807) is 24.3 Å². The quantitative estimate of drug-likeness (QED) is 0.868. The maximum Gasteiger partial charge on any atom is 0.387 e. The molecule has 2 atom stereocenters. The summed E-state index contributed by atoms with van der Waals surface area (Å²) < 4.78 is 36.2. The van der Waals surface area contributed by atoms with Crippen molar-refractivity contribution in [3.8, 4) is 5.75 Å². The molecule has 130 valence electrons. The molecule has 0 amide bonds. The third kappa shape index (κ3) is 3.67. The van der Waals surface area contributed by atoms with Gasteiger partial charge in [0.25, 0.3) is 0 Å². The Balaban J connectivity index is 1.67. The van der Waals surface area contributed by atoms with E-state index in [4.69, 9.17) is 4.74 Å². The molecule has 2 unspecified atom stereocenters. The minimum atomic E-state index is -2.81. The normalized spacial score (nSPS) is 18.8. The zero-order valence-corrected chi connectivity index (χ0v) is 13.7. The van der Waals surface area contributed by atoms with E-state index in [-0.39, 0.29) is 11.8 Å². The SMILES string of the molecule is Cc1c(NC(C)c2ccc(OC(F)F)cc2)cnn1C1CCOC1. The third-order valence-corrected chi connectivity index (χ3v) is 4.27. The van der Waals surface area contributed by atoms with Crippen molar-refractivity contribution in [3.05, 3.63) is 41.7 Å². The van der Waals surface area contributed by atoms with Crippen molar-refractivity contribution in [2.75, 3.05) is 18.5 Å². The van der Waals surface area contributed by atoms with Crippen molar-refractivity contribution in [1.29, 1.82) is 0 Å². The Hall–Kier alpha value is -2.15. The maximum atomic E-state index is 12.2. The van der Waals surface area contributed by atoms with Gasteiger partial charge in [0.05, 0.1) is 30.2 Å². The minimum absolute atomic E-state index is 0.0155. The molecule has 1 N–H and O–H groups in total. The van der Waals surface area contributed by atoms with Crippen molar-refractivity contribution >= 4 is 5.69 Å². The van der Waals surface area contributed by atoms with Crippen LogP contribution in [0.1, 0.15) is 36.7 Å². The molecule has 2 heterocycles. The Labute approximate surface area is 139 Å². The molecule has 5 nitrogen and oxygen atoms in total. The number of hydrogen-bond acceptors (Lipinski definition) is 4. The summed E-state index contributed by atoms with van der Waals surface area (Å²) in [7, 11) is 0. The molecule has 1 aromatic heterocycles. The number of alkyl halides is 2. The standard InChI is InChI=1S/C17H21F2N3O2/c1-11(13-3-5-15(6-4-13)24-17(18)19)21-16-9-20-22(12(16)2)14-7-8-23-10-14/h3-6,9,11,14,17,21H,7-8,10H2,1-2H3. The lowest BCUT2D eigenvalue weighted by Crippen LogP contribution is -2.13. The molecule has 7 heteroatoms. The molecule has 2 aromatic rings. The minimum Gasteiger partial charge on any atom is -0.435 e. The Morgan fingerprint density at radius 1 is 1.33 bits per heavy atom. The molecule has 24 heavy (non-hydrogen) atoms. The Morgan fingerprint density at radius 3 is 2.71 bits per heavy atom. The smallest absolute Gasteiger partial charge is 0.387 e. The molecule has 3 rings (SSSR count). The van der Waals surface area contributed by atoms with Gasteiger partial charge in [-0.1, -0.05) is 12.1 Å². The second kappa shape index (κ2) is 7.17. The second-order valence-electron chi connectivity index (χ2n) is 5.92. The van der Waals surface area contributed by atoms with Crippen molar-refractivity contribution in [2.45, 2.75) is 39.0 Å². The largest absolute Gasteiger partial charge is 0.435 e. The zero-order valence-electron chi connectivity index (χ0n) is 13.7. The number of halogens is 2. The summed E-state index contributed by atoms with van der Waals surface area (Å²) in [6.07, 6.45) is 2.79. The monoisotopic (exact) mass is 337 g/mol. The summed E-state index contributed by atoms with van der Waals surface area (Å²) >= 11 is 0. The van der Waals surface area contributed by atoms with Crippen LogP contribution in [0.5, 0.6) is 5.75 Å². The zero-order chi connectivity index (χ0) is 17.1. The predicted molar refractivity (Wildman–Crippen MR) is 86.5 cm³/mol. The average molecular weight is 337 g/mol. The number of hydrogen-bond donors (Lipinski definition) is 1. The van der Waals surface area contributed by atoms with Crippen molar-refractivity contribution in [1.82, 2.24) is 9.78 Å². The number of benzene rings is 1. The summed E-state index contributed by atoms with van der Waals surface area (Å²) in [6.45, 7) is 2.71. The van der Waals surface area contributed by atoms with E-state index < -0.39 is 6.61 Å². The van der Waals surface area contributed by atoms with Crippen LogP contribution in [0.15, 0.2) is 30.5 Å². The van der Waals surface area contributed by atoms with E-state index in [2.05, 4.69) is 15.2 Å². The average Bonchev–Trinajstić information content (AvgIpc) is 3.18. The molecule has 0 spiro atoms. The molecule has 0 radical (unpaired) electrons. The molecule has 0 aliphatic carbocycles. The molecule has 0 saturated carbocycles. The number of anilines is 1. The van der Waals surface area contributed by atoms with Gasteiger partial charge in [-0.15, -0.1) is 0 Å². The van der Waals surface area contributed by atoms with Gasteiger partial charge in [0.2, 0.25) is 0 Å². The van der Waals surface area contributed by atoms with E-state index in [0.29, 0.717) is 12.6 Å². The van der Waals surface area contributed by atoms with Crippen LogP contribution >= 0.6 is 0 Å². The van der Waals surface area contributed by atoms with Crippen LogP contribution in [0.4, 0.5) is 14.5 Å². The molecular weight excluding hydrogens is 316 g/mol. The summed E-state index contributed by atoms with van der Waals surface area (Å²) in [6, 6.07) is 6.96. The van der Waals surface area contributed by atoms with E-state index >= 15 is 0 Å². The Bertz CT molecular complexity index is 667. The van der Waals surface area contributed by atoms with E-state index in [0.717, 1.165) is 30.0 Å². The van der Waals surface area contributed by atoms with Crippen molar-refractivity contribution in [3.63, 3.8) is 0 Å². The van der Waals surface area contributed by atoms with Crippen molar-refractivity contribution < 1.29 is 18.3 Å². The van der Waals surface area contributed by atoms with Crippen LogP contribution < -0.4 is 10.1 Å². The van der Waals surface area contributed by atoms with Crippen LogP contribution in [0.25, 0.3) is 0 Å². The highest BCUT2D eigenvalue weighted by atomic mass is 19.3. The van der Waals surface area contributed by atoms with Crippen LogP contribution in [0, 0.1) is 6.92 Å². The maximum absolute atomic E-state index is 12.2. The Morgan fingerprint density at radius 2 is 2.08 bits per heavy atom. The fourth-order valence-electron chi connectivity index (χ4n) is 2.90. The van der Waals surface area contributed by atoms with Gasteiger partial charge in [-0.25, -0.2) is 0 Å². The molecule has 1 fully saturated rings. The van der Waals surface area contributed by atoms with E-state index in [9.17, 15) is 8.78 Å². The fourth-order valence-corrected chi connectivity index (χ4v) is 2.90. The summed E-state index contributed by atoms with van der Waals surface area (Å²) in [5.74, 6) is 0.159. The number of aromatic nitrogens is 2. The first-order valence-electron chi connectivity index (χ1n) is 7.97. The molecule has 1 aliphatic heterocycles. The molecule has 1 aliphatic rings. The lowest BCUT2D eigenvalue weighted by Gasteiger charge is -2.17.